The van der Waals surface area contributed by atoms with Gasteiger partial charge in [0.2, 0.25) is 4.91 Å². The maximum atomic E-state index is 12.3. The first-order valence-electron chi connectivity index (χ1n) is 18.7. The summed E-state index contributed by atoms with van der Waals surface area (Å²) in [5, 5.41) is 17.4. The fourth-order valence-corrected chi connectivity index (χ4v) is 5.90. The summed E-state index contributed by atoms with van der Waals surface area (Å²) in [7, 11) is -3.89. The van der Waals surface area contributed by atoms with E-state index in [0.29, 0.717) is 30.4 Å². The number of ether oxygens (including phenoxy) is 2. The van der Waals surface area contributed by atoms with Crippen molar-refractivity contribution in [2.45, 2.75) is 13.2 Å². The third-order valence-electron chi connectivity index (χ3n) is 7.71. The van der Waals surface area contributed by atoms with Gasteiger partial charge in [-0.2, -0.15) is 5.21 Å². The lowest BCUT2D eigenvalue weighted by Crippen LogP contribution is -1.98. The first-order chi connectivity index (χ1) is 31.2. The van der Waals surface area contributed by atoms with E-state index in [1.807, 2.05) is 91.1 Å². The summed E-state index contributed by atoms with van der Waals surface area (Å²) in [5.74, 6) is 2.33. The molecule has 0 saturated heterocycles. The number of para-hydroxylation sites is 2. The molecule has 2 N–H and O–H groups in total. The van der Waals surface area contributed by atoms with Gasteiger partial charge in [0.1, 0.15) is 41.7 Å². The minimum absolute atomic E-state index is 0.0612. The van der Waals surface area contributed by atoms with Gasteiger partial charge in [0.25, 0.3) is 4.88 Å². The Balaban J connectivity index is 0.000000159. The van der Waals surface area contributed by atoms with Gasteiger partial charge in [0, 0.05) is 43.0 Å². The summed E-state index contributed by atoms with van der Waals surface area (Å²) in [6.45, 7) is 1.17. The van der Waals surface area contributed by atoms with Crippen molar-refractivity contribution in [1.82, 2.24) is 44.8 Å². The molecule has 0 fully saturated rings. The highest BCUT2D eigenvalue weighted by molar-refractivity contribution is 9.69. The van der Waals surface area contributed by atoms with Crippen molar-refractivity contribution in [2.24, 2.45) is 4.88 Å². The number of rotatable bonds is 11. The number of aromatic amines is 1. The van der Waals surface area contributed by atoms with Crippen molar-refractivity contribution >= 4 is 69.4 Å². The molecule has 64 heavy (non-hydrogen) atoms. The van der Waals surface area contributed by atoms with Crippen LogP contribution >= 0.6 is 55.0 Å². The Hall–Kier alpha value is -6.76. The molecule has 5 heterocycles. The van der Waals surface area contributed by atoms with E-state index in [1.54, 1.807) is 94.5 Å². The lowest BCUT2D eigenvalue weighted by molar-refractivity contribution is 0.306. The zero-order valence-electron chi connectivity index (χ0n) is 33.4. The molecule has 0 aliphatic rings. The molecule has 4 aromatic carbocycles. The maximum absolute atomic E-state index is 12.3. The molecule has 0 unspecified atom stereocenters. The van der Waals surface area contributed by atoms with E-state index in [-0.39, 0.29) is 8.61 Å². The van der Waals surface area contributed by atoms with Crippen molar-refractivity contribution in [3.05, 3.63) is 210 Å². The van der Waals surface area contributed by atoms with Crippen molar-refractivity contribution in [1.29, 1.82) is 5.53 Å². The fourth-order valence-electron chi connectivity index (χ4n) is 4.91. The molecule has 0 spiro atoms. The molecular weight excluding hydrogens is 1040 g/mol. The number of hydrogen-bond donors (Lipinski definition) is 2. The summed E-state index contributed by atoms with van der Waals surface area (Å²) in [6, 6.07) is 47.4. The van der Waals surface area contributed by atoms with Crippen LogP contribution in [-0.2, 0) is 17.8 Å². The molecule has 22 heteroatoms. The van der Waals surface area contributed by atoms with E-state index >= 15 is 0 Å². The minimum atomic E-state index is -3.89. The number of aromatic nitrogens is 8. The highest BCUT2D eigenvalue weighted by Gasteiger charge is 2.35. The molecular formula is C42H37BBr3N11O6P+. The first-order valence-corrected chi connectivity index (χ1v) is 23.0. The SMILES string of the molecule is BrB(Br)Br.N=[N+]=NP(=O)(Oc1ccccc1)Oc1ccccc1.O=c1ccn2[nH]nnc2c1.c1ccc(COc2ccn3nncc3c2)cc1.c1ccc(COc2ccncc2)cc1. The number of tetrazole rings is 1. The lowest BCUT2D eigenvalue weighted by atomic mass is 10.2. The van der Waals surface area contributed by atoms with Gasteiger partial charge in [0.15, 0.2) is 11.1 Å². The molecule has 0 bridgehead atoms. The molecule has 0 saturated carbocycles. The van der Waals surface area contributed by atoms with Crippen molar-refractivity contribution in [3.8, 4) is 23.0 Å². The van der Waals surface area contributed by atoms with Crippen LogP contribution in [0.4, 0.5) is 0 Å². The van der Waals surface area contributed by atoms with Crippen molar-refractivity contribution in [3.63, 3.8) is 0 Å². The van der Waals surface area contributed by atoms with Gasteiger partial charge in [-0.05, 0) is 53.6 Å². The molecule has 0 aliphatic heterocycles. The van der Waals surface area contributed by atoms with Gasteiger partial charge in [-0.25, -0.2) is 13.6 Å². The van der Waals surface area contributed by atoms with Crippen LogP contribution in [0.25, 0.3) is 11.2 Å². The number of hydrogen-bond acceptors (Lipinski definition) is 12. The normalized spacial score (nSPS) is 10.0. The number of nitrogens with zero attached hydrogens (tertiary/aromatic N) is 9. The second kappa shape index (κ2) is 26.7. The minimum Gasteiger partial charge on any atom is -0.489 e. The first kappa shape index (κ1) is 48.3. The molecule has 0 atom stereocenters. The summed E-state index contributed by atoms with van der Waals surface area (Å²) < 4.78 is 37.5. The zero-order valence-corrected chi connectivity index (χ0v) is 39.1. The van der Waals surface area contributed by atoms with Gasteiger partial charge < -0.3 is 18.5 Å². The van der Waals surface area contributed by atoms with Crippen molar-refractivity contribution < 1.29 is 23.1 Å². The number of benzene rings is 4. The largest absolute Gasteiger partial charge is 0.640 e. The van der Waals surface area contributed by atoms with Crippen LogP contribution in [0.2, 0.25) is 0 Å². The molecule has 9 aromatic rings. The van der Waals surface area contributed by atoms with E-state index < -0.39 is 7.75 Å². The predicted molar refractivity (Wildman–Crippen MR) is 254 cm³/mol. The monoisotopic (exact) mass is 1070 g/mol. The van der Waals surface area contributed by atoms with Gasteiger partial charge >= 0.3 is 10.9 Å². The summed E-state index contributed by atoms with van der Waals surface area (Å²) >= 11 is 9.31. The van der Waals surface area contributed by atoms with Crippen LogP contribution in [0.5, 0.6) is 23.0 Å². The van der Waals surface area contributed by atoms with Crippen LogP contribution in [-0.4, -0.2) is 43.0 Å². The predicted octanol–water partition coefficient (Wildman–Crippen LogP) is 10.3. The molecule has 0 aliphatic carbocycles. The highest BCUT2D eigenvalue weighted by Crippen LogP contribution is 2.49. The Morgan fingerprint density at radius 3 is 1.77 bits per heavy atom. The Labute approximate surface area is 391 Å². The third-order valence-corrected chi connectivity index (χ3v) is 8.90. The highest BCUT2D eigenvalue weighted by atomic mass is 79.9. The molecule has 0 amide bonds. The van der Waals surface area contributed by atoms with Gasteiger partial charge in [-0.1, -0.05) is 107 Å². The summed E-state index contributed by atoms with van der Waals surface area (Å²) in [5.41, 5.74) is 10.4. The number of pyridine rings is 3. The van der Waals surface area contributed by atoms with E-state index in [1.165, 1.54) is 17.7 Å². The number of fused-ring (bicyclic) bond motifs is 2. The summed E-state index contributed by atoms with van der Waals surface area (Å²) in [6.07, 6.45) is 8.57. The van der Waals surface area contributed by atoms with Crippen LogP contribution in [0, 0.1) is 5.53 Å². The molecule has 5 aromatic heterocycles. The molecule has 9 rings (SSSR count). The van der Waals surface area contributed by atoms with E-state index in [2.05, 4.69) is 87.9 Å². The number of halogens is 3. The smallest absolute Gasteiger partial charge is 0.489 e. The Morgan fingerprint density at radius 2 is 1.22 bits per heavy atom. The second-order valence-corrected chi connectivity index (χ2v) is 20.2. The Kier molecular flexibility index (Phi) is 20.1. The average molecular weight is 1070 g/mol. The average Bonchev–Trinajstić information content (AvgIpc) is 3.99. The van der Waals surface area contributed by atoms with E-state index in [9.17, 15) is 9.36 Å². The Bertz CT molecular complexity index is 2780. The number of nitrogens with one attached hydrogen (secondary N) is 2. The fraction of sp³-hybridized carbons (Fsp3) is 0.0476. The van der Waals surface area contributed by atoms with Gasteiger partial charge in [-0.15, -0.1) is 57.5 Å². The van der Waals surface area contributed by atoms with E-state index in [0.717, 1.165) is 22.6 Å². The number of H-pyrrole nitrogens is 1. The van der Waals surface area contributed by atoms with Crippen LogP contribution in [0.3, 0.4) is 0 Å². The van der Waals surface area contributed by atoms with Crippen molar-refractivity contribution in [2.75, 3.05) is 0 Å². The van der Waals surface area contributed by atoms with Gasteiger partial charge in [0.05, 0.1) is 11.7 Å². The third kappa shape index (κ3) is 17.9. The molecule has 324 valence electrons. The zero-order chi connectivity index (χ0) is 45.2. The van der Waals surface area contributed by atoms with E-state index in [4.69, 9.17) is 24.1 Å². The van der Waals surface area contributed by atoms with Crippen LogP contribution < -0.4 is 28.9 Å². The standard InChI is InChI=1S/C13H11N3O.C12H11N3O3P.C12H11NO.C5H4N4O.BBr3/c1-2-4-11(5-3-1)10-17-13-6-7-16-12(8-13)9-14-15-16;13-14-15-19(16,17-11-7-3-1-4-8-11)18-12-9-5-2-6-10-12;1-2-4-11(5-3-1)10-14-12-6-8-13-9-7-12;10-4-1-2-9-5(3-4)6-7-8-9;2-1(3)4/h1-9H,10H2;1-10,13H;1-9H,10H2;1-3H,(H,6,8);/q;+1;;;. The quantitative estimate of drug-likeness (QED) is 0.0539. The molecule has 0 radical (unpaired) electrons. The van der Waals surface area contributed by atoms with Crippen LogP contribution in [0.15, 0.2) is 198 Å². The second-order valence-electron chi connectivity index (χ2n) is 12.3. The molecule has 17 nitrogen and oxygen atoms in total. The lowest BCUT2D eigenvalue weighted by Gasteiger charge is -2.10. The van der Waals surface area contributed by atoms with Crippen LogP contribution in [0.1, 0.15) is 11.1 Å². The Morgan fingerprint density at radius 1 is 0.688 bits per heavy atom. The summed E-state index contributed by atoms with van der Waals surface area (Å²) in [4.78, 5) is 20.6. The maximum Gasteiger partial charge on any atom is 0.640 e. The topological polar surface area (TPSA) is 210 Å². The van der Waals surface area contributed by atoms with Gasteiger partial charge in [-0.3, -0.25) is 9.78 Å².